The van der Waals surface area contributed by atoms with Gasteiger partial charge in [-0.2, -0.15) is 0 Å². The summed E-state index contributed by atoms with van der Waals surface area (Å²) in [4.78, 5) is 10.4. The molecule has 2 fully saturated rings. The van der Waals surface area contributed by atoms with Crippen molar-refractivity contribution in [3.8, 4) is 0 Å². The molecule has 0 bridgehead atoms. The van der Waals surface area contributed by atoms with Crippen LogP contribution in [-0.2, 0) is 4.79 Å². The third-order valence-corrected chi connectivity index (χ3v) is 3.04. The summed E-state index contributed by atoms with van der Waals surface area (Å²) in [5.74, 6) is -2.98. The lowest BCUT2D eigenvalue weighted by Gasteiger charge is -2.32. The number of halogens is 2. The first-order valence-electron chi connectivity index (χ1n) is 4.38. The first-order chi connectivity index (χ1) is 5.55. The van der Waals surface area contributed by atoms with Crippen molar-refractivity contribution in [2.24, 2.45) is 11.3 Å². The third kappa shape index (κ3) is 1.37. The molecule has 3 heteroatoms. The number of hydrogen-bond donors (Lipinski definition) is 0. The number of aldehydes is 1. The summed E-state index contributed by atoms with van der Waals surface area (Å²) in [7, 11) is 0. The molecule has 12 heavy (non-hydrogen) atoms. The highest BCUT2D eigenvalue weighted by Gasteiger charge is 2.55. The zero-order valence-electron chi connectivity index (χ0n) is 6.85. The third-order valence-electron chi connectivity index (χ3n) is 3.04. The van der Waals surface area contributed by atoms with E-state index in [1.807, 2.05) is 0 Å². The maximum absolute atomic E-state index is 13.0. The molecule has 1 unspecified atom stereocenters. The summed E-state index contributed by atoms with van der Waals surface area (Å²) < 4.78 is 26.0. The van der Waals surface area contributed by atoms with Gasteiger partial charge in [-0.05, 0) is 24.7 Å². The number of carbonyl (C=O) groups is 1. The summed E-state index contributed by atoms with van der Waals surface area (Å²) in [6.07, 6.45) is 2.99. The summed E-state index contributed by atoms with van der Waals surface area (Å²) >= 11 is 0. The molecule has 68 valence electrons. The van der Waals surface area contributed by atoms with E-state index >= 15 is 0 Å². The van der Waals surface area contributed by atoms with Crippen molar-refractivity contribution < 1.29 is 13.6 Å². The van der Waals surface area contributed by atoms with Gasteiger partial charge in [0, 0.05) is 18.8 Å². The maximum atomic E-state index is 13.0. The summed E-state index contributed by atoms with van der Waals surface area (Å²) in [6.45, 7) is 0. The van der Waals surface area contributed by atoms with Crippen molar-refractivity contribution in [1.82, 2.24) is 0 Å². The minimum Gasteiger partial charge on any atom is -0.303 e. The Morgan fingerprint density at radius 3 is 2.42 bits per heavy atom. The highest BCUT2D eigenvalue weighted by atomic mass is 19.3. The van der Waals surface area contributed by atoms with E-state index in [0.717, 1.165) is 12.8 Å². The van der Waals surface area contributed by atoms with Crippen LogP contribution in [0.2, 0.25) is 0 Å². The summed E-state index contributed by atoms with van der Waals surface area (Å²) in [6, 6.07) is 0. The Balaban J connectivity index is 2.10. The van der Waals surface area contributed by atoms with Gasteiger partial charge in [0.25, 0.3) is 0 Å². The second-order valence-corrected chi connectivity index (χ2v) is 4.34. The highest BCUT2D eigenvalue weighted by Crippen LogP contribution is 2.60. The van der Waals surface area contributed by atoms with E-state index in [1.54, 1.807) is 0 Å². The minimum absolute atomic E-state index is 0.0182. The van der Waals surface area contributed by atoms with Crippen LogP contribution in [0.25, 0.3) is 0 Å². The predicted molar refractivity (Wildman–Crippen MR) is 40.0 cm³/mol. The standard InChI is InChI=1S/C9H12F2O/c10-9(11)4-7(5-12)3-8(6-9)1-2-8/h5,7H,1-4,6H2. The summed E-state index contributed by atoms with van der Waals surface area (Å²) in [5, 5.41) is 0. The smallest absolute Gasteiger partial charge is 0.249 e. The van der Waals surface area contributed by atoms with Gasteiger partial charge in [-0.25, -0.2) is 8.78 Å². The molecule has 2 saturated carbocycles. The van der Waals surface area contributed by atoms with Crippen molar-refractivity contribution in [1.29, 1.82) is 0 Å². The average molecular weight is 174 g/mol. The maximum Gasteiger partial charge on any atom is 0.249 e. The Morgan fingerprint density at radius 1 is 1.25 bits per heavy atom. The molecular formula is C9H12F2O. The Kier molecular flexibility index (Phi) is 1.54. The van der Waals surface area contributed by atoms with E-state index in [4.69, 9.17) is 0 Å². The van der Waals surface area contributed by atoms with E-state index in [2.05, 4.69) is 0 Å². The quantitative estimate of drug-likeness (QED) is 0.558. The first-order valence-corrected chi connectivity index (χ1v) is 4.38. The molecule has 0 saturated heterocycles. The second kappa shape index (κ2) is 2.27. The molecule has 0 aromatic heterocycles. The Hall–Kier alpha value is -0.470. The van der Waals surface area contributed by atoms with Crippen molar-refractivity contribution >= 4 is 6.29 Å². The molecule has 0 radical (unpaired) electrons. The molecule has 0 aromatic rings. The van der Waals surface area contributed by atoms with Gasteiger partial charge < -0.3 is 4.79 Å². The molecule has 2 aliphatic rings. The van der Waals surface area contributed by atoms with Crippen molar-refractivity contribution in [3.05, 3.63) is 0 Å². The zero-order chi connectivity index (χ0) is 8.82. The fourth-order valence-corrected chi connectivity index (χ4v) is 2.36. The van der Waals surface area contributed by atoms with Crippen LogP contribution >= 0.6 is 0 Å². The first kappa shape index (κ1) is 8.14. The lowest BCUT2D eigenvalue weighted by atomic mass is 9.77. The van der Waals surface area contributed by atoms with E-state index < -0.39 is 11.8 Å². The topological polar surface area (TPSA) is 17.1 Å². The normalized spacial score (nSPS) is 36.3. The molecule has 1 spiro atoms. The van der Waals surface area contributed by atoms with Gasteiger partial charge in [-0.1, -0.05) is 0 Å². The van der Waals surface area contributed by atoms with Crippen LogP contribution in [0.4, 0.5) is 8.78 Å². The predicted octanol–water partition coefficient (Wildman–Crippen LogP) is 2.40. The van der Waals surface area contributed by atoms with Crippen LogP contribution < -0.4 is 0 Å². The lowest BCUT2D eigenvalue weighted by molar-refractivity contribution is -0.122. The number of hydrogen-bond acceptors (Lipinski definition) is 1. The average Bonchev–Trinajstić information content (AvgIpc) is 2.65. The lowest BCUT2D eigenvalue weighted by Crippen LogP contribution is -2.33. The monoisotopic (exact) mass is 174 g/mol. The van der Waals surface area contributed by atoms with E-state index in [9.17, 15) is 13.6 Å². The molecule has 0 N–H and O–H groups in total. The van der Waals surface area contributed by atoms with Crippen LogP contribution in [0.15, 0.2) is 0 Å². The van der Waals surface area contributed by atoms with Gasteiger partial charge in [-0.3, -0.25) is 0 Å². The SMILES string of the molecule is O=CC1CC(F)(F)CC2(CC2)C1. The molecule has 0 aromatic carbocycles. The fraction of sp³-hybridized carbons (Fsp3) is 0.889. The van der Waals surface area contributed by atoms with Crippen molar-refractivity contribution in [2.75, 3.05) is 0 Å². The number of rotatable bonds is 1. The fourth-order valence-electron chi connectivity index (χ4n) is 2.36. The zero-order valence-corrected chi connectivity index (χ0v) is 6.85. The molecule has 0 heterocycles. The molecule has 1 atom stereocenters. The van der Waals surface area contributed by atoms with E-state index in [0.29, 0.717) is 12.7 Å². The minimum atomic E-state index is -2.58. The molecular weight excluding hydrogens is 162 g/mol. The highest BCUT2D eigenvalue weighted by molar-refractivity contribution is 5.54. The number of carbonyl (C=O) groups excluding carboxylic acids is 1. The van der Waals surface area contributed by atoms with Crippen LogP contribution in [0.5, 0.6) is 0 Å². The van der Waals surface area contributed by atoms with E-state index in [1.165, 1.54) is 0 Å². The van der Waals surface area contributed by atoms with Gasteiger partial charge >= 0.3 is 0 Å². The van der Waals surface area contributed by atoms with Gasteiger partial charge in [0.1, 0.15) is 6.29 Å². The molecule has 2 aliphatic carbocycles. The molecule has 1 nitrogen and oxygen atoms in total. The van der Waals surface area contributed by atoms with Crippen molar-refractivity contribution in [3.63, 3.8) is 0 Å². The largest absolute Gasteiger partial charge is 0.303 e. The van der Waals surface area contributed by atoms with Gasteiger partial charge in [0.15, 0.2) is 0 Å². The van der Waals surface area contributed by atoms with Gasteiger partial charge in [0.05, 0.1) is 0 Å². The second-order valence-electron chi connectivity index (χ2n) is 4.34. The molecule has 0 amide bonds. The van der Waals surface area contributed by atoms with Crippen LogP contribution in [0, 0.1) is 11.3 Å². The Morgan fingerprint density at radius 2 is 1.92 bits per heavy atom. The van der Waals surface area contributed by atoms with Crippen LogP contribution in [0.1, 0.15) is 32.1 Å². The van der Waals surface area contributed by atoms with Crippen molar-refractivity contribution in [2.45, 2.75) is 38.0 Å². The van der Waals surface area contributed by atoms with Crippen LogP contribution in [0.3, 0.4) is 0 Å². The molecule has 0 aliphatic heterocycles. The van der Waals surface area contributed by atoms with E-state index in [-0.39, 0.29) is 18.3 Å². The number of alkyl halides is 2. The van der Waals surface area contributed by atoms with Gasteiger partial charge in [0.2, 0.25) is 5.92 Å². The Labute approximate surface area is 70.1 Å². The van der Waals surface area contributed by atoms with Gasteiger partial charge in [-0.15, -0.1) is 0 Å². The Bertz CT molecular complexity index is 203. The summed E-state index contributed by atoms with van der Waals surface area (Å²) in [5.41, 5.74) is -0.146. The molecule has 2 rings (SSSR count). The van der Waals surface area contributed by atoms with Crippen LogP contribution in [-0.4, -0.2) is 12.2 Å².